The number of amides is 1. The summed E-state index contributed by atoms with van der Waals surface area (Å²) < 4.78 is 0. The van der Waals surface area contributed by atoms with E-state index in [9.17, 15) is 4.79 Å². The van der Waals surface area contributed by atoms with Gasteiger partial charge in [-0.15, -0.1) is 0 Å². The number of hydrogen-bond donors (Lipinski definition) is 2. The number of anilines is 1. The molecule has 4 heteroatoms. The lowest BCUT2D eigenvalue weighted by molar-refractivity contribution is -0.116. The number of hydrogen-bond acceptors (Lipinski definition) is 3. The van der Waals surface area contributed by atoms with Crippen LogP contribution in [0, 0.1) is 0 Å². The highest BCUT2D eigenvalue weighted by molar-refractivity contribution is 5.90. The molecular formula is C17H27N3O. The number of rotatable bonds is 6. The molecule has 1 saturated heterocycles. The van der Waals surface area contributed by atoms with Crippen molar-refractivity contribution in [3.63, 3.8) is 0 Å². The SMILES string of the molecule is CCC1CCCCN1CCC(=O)Nc1cccc(CN)c1. The second kappa shape index (κ2) is 8.15. The molecule has 1 heterocycles. The third-order valence-electron chi connectivity index (χ3n) is 4.29. The van der Waals surface area contributed by atoms with Gasteiger partial charge in [-0.1, -0.05) is 25.5 Å². The van der Waals surface area contributed by atoms with Crippen LogP contribution in [0.5, 0.6) is 0 Å². The highest BCUT2D eigenvalue weighted by Crippen LogP contribution is 2.19. The number of nitrogens with zero attached hydrogens (tertiary/aromatic N) is 1. The average molecular weight is 289 g/mol. The molecule has 1 aromatic rings. The van der Waals surface area contributed by atoms with E-state index < -0.39 is 0 Å². The predicted octanol–water partition coefficient (Wildman–Crippen LogP) is 2.74. The Hall–Kier alpha value is -1.39. The van der Waals surface area contributed by atoms with Crippen molar-refractivity contribution in [2.24, 2.45) is 5.73 Å². The predicted molar refractivity (Wildman–Crippen MR) is 87.1 cm³/mol. The third-order valence-corrected chi connectivity index (χ3v) is 4.29. The molecule has 1 unspecified atom stereocenters. The number of piperidine rings is 1. The highest BCUT2D eigenvalue weighted by atomic mass is 16.1. The van der Waals surface area contributed by atoms with Crippen molar-refractivity contribution in [2.75, 3.05) is 18.4 Å². The summed E-state index contributed by atoms with van der Waals surface area (Å²) in [6, 6.07) is 8.40. The smallest absolute Gasteiger partial charge is 0.225 e. The normalized spacial score (nSPS) is 19.4. The van der Waals surface area contributed by atoms with Crippen LogP contribution in [0.3, 0.4) is 0 Å². The van der Waals surface area contributed by atoms with Gasteiger partial charge in [0.2, 0.25) is 5.91 Å². The second-order valence-electron chi connectivity index (χ2n) is 5.80. The zero-order valence-electron chi connectivity index (χ0n) is 13.0. The van der Waals surface area contributed by atoms with Gasteiger partial charge in [0.15, 0.2) is 0 Å². The van der Waals surface area contributed by atoms with Crippen LogP contribution in [0.25, 0.3) is 0 Å². The van der Waals surface area contributed by atoms with Crippen LogP contribution in [-0.4, -0.2) is 29.9 Å². The Kier molecular flexibility index (Phi) is 6.21. The van der Waals surface area contributed by atoms with Gasteiger partial charge in [-0.25, -0.2) is 0 Å². The van der Waals surface area contributed by atoms with Crippen molar-refractivity contribution in [2.45, 2.75) is 51.6 Å². The van der Waals surface area contributed by atoms with Crippen molar-refractivity contribution >= 4 is 11.6 Å². The molecule has 0 radical (unpaired) electrons. The number of nitrogens with one attached hydrogen (secondary N) is 1. The molecule has 1 aromatic carbocycles. The van der Waals surface area contributed by atoms with Crippen LogP contribution in [0.15, 0.2) is 24.3 Å². The molecular weight excluding hydrogens is 262 g/mol. The summed E-state index contributed by atoms with van der Waals surface area (Å²) in [5.74, 6) is 0.0876. The number of benzene rings is 1. The number of carbonyl (C=O) groups excluding carboxylic acids is 1. The lowest BCUT2D eigenvalue weighted by atomic mass is 10.00. The second-order valence-corrected chi connectivity index (χ2v) is 5.80. The first-order valence-corrected chi connectivity index (χ1v) is 8.06. The molecule has 1 amide bonds. The minimum atomic E-state index is 0.0876. The van der Waals surface area contributed by atoms with Gasteiger partial charge in [0.25, 0.3) is 0 Å². The van der Waals surface area contributed by atoms with Gasteiger partial charge in [-0.05, 0) is 43.5 Å². The summed E-state index contributed by atoms with van der Waals surface area (Å²) in [4.78, 5) is 14.6. The van der Waals surface area contributed by atoms with E-state index in [1.165, 1.54) is 25.7 Å². The molecule has 21 heavy (non-hydrogen) atoms. The molecule has 4 nitrogen and oxygen atoms in total. The van der Waals surface area contributed by atoms with E-state index >= 15 is 0 Å². The van der Waals surface area contributed by atoms with Crippen LogP contribution in [0.2, 0.25) is 0 Å². The summed E-state index contributed by atoms with van der Waals surface area (Å²) in [6.07, 6.45) is 5.60. The molecule has 116 valence electrons. The van der Waals surface area contributed by atoms with Gasteiger partial charge in [0.1, 0.15) is 0 Å². The molecule has 0 spiro atoms. The molecule has 1 aliphatic heterocycles. The fraction of sp³-hybridized carbons (Fsp3) is 0.588. The standard InChI is InChI=1S/C17H27N3O/c1-2-16-8-3-4-10-20(16)11-9-17(21)19-15-7-5-6-14(12-15)13-18/h5-7,12,16H,2-4,8-11,13,18H2,1H3,(H,19,21). The molecule has 0 aliphatic carbocycles. The van der Waals surface area contributed by atoms with E-state index in [0.717, 1.165) is 24.3 Å². The van der Waals surface area contributed by atoms with E-state index in [2.05, 4.69) is 17.1 Å². The Morgan fingerprint density at radius 3 is 3.05 bits per heavy atom. The first-order valence-electron chi connectivity index (χ1n) is 8.06. The summed E-state index contributed by atoms with van der Waals surface area (Å²) in [5.41, 5.74) is 7.50. The van der Waals surface area contributed by atoms with Gasteiger partial charge in [0, 0.05) is 31.2 Å². The average Bonchev–Trinajstić information content (AvgIpc) is 2.53. The van der Waals surface area contributed by atoms with Crippen LogP contribution >= 0.6 is 0 Å². The zero-order chi connectivity index (χ0) is 15.1. The van der Waals surface area contributed by atoms with Crippen molar-refractivity contribution in [1.29, 1.82) is 0 Å². The van der Waals surface area contributed by atoms with Crippen LogP contribution in [0.1, 0.15) is 44.6 Å². The van der Waals surface area contributed by atoms with Gasteiger partial charge >= 0.3 is 0 Å². The highest BCUT2D eigenvalue weighted by Gasteiger charge is 2.20. The molecule has 0 saturated carbocycles. The van der Waals surface area contributed by atoms with Crippen molar-refractivity contribution in [3.05, 3.63) is 29.8 Å². The van der Waals surface area contributed by atoms with Gasteiger partial charge < -0.3 is 11.1 Å². The maximum atomic E-state index is 12.1. The van der Waals surface area contributed by atoms with Crippen molar-refractivity contribution in [1.82, 2.24) is 4.90 Å². The first kappa shape index (κ1) is 16.0. The van der Waals surface area contributed by atoms with E-state index in [0.29, 0.717) is 19.0 Å². The van der Waals surface area contributed by atoms with Crippen molar-refractivity contribution < 1.29 is 4.79 Å². The lowest BCUT2D eigenvalue weighted by Crippen LogP contribution is -2.40. The summed E-state index contributed by atoms with van der Waals surface area (Å²) in [6.45, 7) is 4.73. The maximum absolute atomic E-state index is 12.1. The minimum absolute atomic E-state index is 0.0876. The minimum Gasteiger partial charge on any atom is -0.326 e. The quantitative estimate of drug-likeness (QED) is 0.846. The molecule has 0 aromatic heterocycles. The van der Waals surface area contributed by atoms with E-state index in [-0.39, 0.29) is 5.91 Å². The number of nitrogens with two attached hydrogens (primary N) is 1. The van der Waals surface area contributed by atoms with E-state index in [1.807, 2.05) is 24.3 Å². The largest absolute Gasteiger partial charge is 0.326 e. The third kappa shape index (κ3) is 4.83. The van der Waals surface area contributed by atoms with Gasteiger partial charge in [-0.2, -0.15) is 0 Å². The Balaban J connectivity index is 1.81. The molecule has 0 bridgehead atoms. The van der Waals surface area contributed by atoms with E-state index in [1.54, 1.807) is 0 Å². The summed E-state index contributed by atoms with van der Waals surface area (Å²) >= 11 is 0. The molecule has 1 fully saturated rings. The topological polar surface area (TPSA) is 58.4 Å². The Bertz CT molecular complexity index is 461. The molecule has 3 N–H and O–H groups in total. The lowest BCUT2D eigenvalue weighted by Gasteiger charge is -2.35. The first-order chi connectivity index (χ1) is 10.2. The Labute approximate surface area is 127 Å². The van der Waals surface area contributed by atoms with Crippen LogP contribution in [0.4, 0.5) is 5.69 Å². The van der Waals surface area contributed by atoms with Crippen LogP contribution < -0.4 is 11.1 Å². The zero-order valence-corrected chi connectivity index (χ0v) is 13.0. The van der Waals surface area contributed by atoms with Gasteiger partial charge in [0.05, 0.1) is 0 Å². The molecule has 2 rings (SSSR count). The molecule has 1 aliphatic rings. The van der Waals surface area contributed by atoms with Crippen molar-refractivity contribution in [3.8, 4) is 0 Å². The number of carbonyl (C=O) groups is 1. The summed E-state index contributed by atoms with van der Waals surface area (Å²) in [7, 11) is 0. The van der Waals surface area contributed by atoms with Gasteiger partial charge in [-0.3, -0.25) is 9.69 Å². The van der Waals surface area contributed by atoms with E-state index in [4.69, 9.17) is 5.73 Å². The maximum Gasteiger partial charge on any atom is 0.225 e. The Morgan fingerprint density at radius 2 is 2.29 bits per heavy atom. The summed E-state index contributed by atoms with van der Waals surface area (Å²) in [5, 5.41) is 2.97. The fourth-order valence-electron chi connectivity index (χ4n) is 3.06. The Morgan fingerprint density at radius 1 is 1.43 bits per heavy atom. The molecule has 1 atom stereocenters. The fourth-order valence-corrected chi connectivity index (χ4v) is 3.06. The monoisotopic (exact) mass is 289 g/mol. The number of likely N-dealkylation sites (tertiary alicyclic amines) is 1. The van der Waals surface area contributed by atoms with Crippen LogP contribution in [-0.2, 0) is 11.3 Å².